The highest BCUT2D eigenvalue weighted by molar-refractivity contribution is 7.09. The van der Waals surface area contributed by atoms with Gasteiger partial charge in [0.25, 0.3) is 5.91 Å². The molecule has 1 aliphatic rings. The number of thiazole rings is 1. The largest absolute Gasteiger partial charge is 0.490 e. The van der Waals surface area contributed by atoms with Crippen LogP contribution in [0, 0.1) is 0 Å². The maximum Gasteiger partial charge on any atom is 0.271 e. The van der Waals surface area contributed by atoms with Gasteiger partial charge in [0.05, 0.1) is 13.2 Å². The fraction of sp³-hybridized carbons (Fsp3) is 0.333. The van der Waals surface area contributed by atoms with Crippen molar-refractivity contribution in [1.29, 1.82) is 0 Å². The second-order valence-electron chi connectivity index (χ2n) is 4.84. The number of carbonyl (C=O) groups excluding carboxylic acids is 1. The maximum absolute atomic E-state index is 12.0. The van der Waals surface area contributed by atoms with E-state index in [4.69, 9.17) is 15.2 Å². The van der Waals surface area contributed by atoms with Gasteiger partial charge in [0.2, 0.25) is 0 Å². The molecule has 2 heterocycles. The van der Waals surface area contributed by atoms with E-state index in [0.717, 1.165) is 28.5 Å². The molecule has 0 spiro atoms. The van der Waals surface area contributed by atoms with E-state index < -0.39 is 0 Å². The summed E-state index contributed by atoms with van der Waals surface area (Å²) in [5.74, 6) is 1.27. The van der Waals surface area contributed by atoms with Crippen LogP contribution in [0.3, 0.4) is 0 Å². The number of nitrogens with two attached hydrogens (primary N) is 1. The Kier molecular flexibility index (Phi) is 4.55. The normalized spacial score (nSPS) is 13.5. The third-order valence-electron chi connectivity index (χ3n) is 3.22. The summed E-state index contributed by atoms with van der Waals surface area (Å²) in [6.45, 7) is 2.06. The zero-order chi connectivity index (χ0) is 15.4. The summed E-state index contributed by atoms with van der Waals surface area (Å²) in [7, 11) is 0. The lowest BCUT2D eigenvalue weighted by Crippen LogP contribution is -2.23. The molecule has 0 radical (unpaired) electrons. The van der Waals surface area contributed by atoms with Crippen LogP contribution in [0.15, 0.2) is 23.6 Å². The third kappa shape index (κ3) is 3.37. The van der Waals surface area contributed by atoms with Gasteiger partial charge < -0.3 is 20.5 Å². The quantitative estimate of drug-likeness (QED) is 0.895. The molecule has 6 nitrogen and oxygen atoms in total. The number of rotatable bonds is 4. The minimum absolute atomic E-state index is 0.205. The topological polar surface area (TPSA) is 86.5 Å². The Balaban J connectivity index is 1.63. The molecule has 7 heteroatoms. The van der Waals surface area contributed by atoms with Crippen LogP contribution in [0.25, 0.3) is 0 Å². The van der Waals surface area contributed by atoms with Crippen LogP contribution in [0.4, 0.5) is 0 Å². The molecule has 1 aromatic heterocycles. The standard InChI is InChI=1S/C15H17N3O3S/c16-7-14-18-11(9-22-14)15(19)17-8-10-2-3-12-13(6-10)21-5-1-4-20-12/h2-3,6,9H,1,4-5,7-8,16H2,(H,17,19). The highest BCUT2D eigenvalue weighted by atomic mass is 32.1. The van der Waals surface area contributed by atoms with E-state index in [1.165, 1.54) is 11.3 Å². The molecular formula is C15H17N3O3S. The smallest absolute Gasteiger partial charge is 0.271 e. The summed E-state index contributed by atoms with van der Waals surface area (Å²) < 4.78 is 11.2. The number of aromatic nitrogens is 1. The number of hydrogen-bond donors (Lipinski definition) is 2. The molecule has 0 saturated carbocycles. The van der Waals surface area contributed by atoms with Gasteiger partial charge in [-0.15, -0.1) is 11.3 Å². The van der Waals surface area contributed by atoms with Gasteiger partial charge in [-0.1, -0.05) is 6.07 Å². The Morgan fingerprint density at radius 1 is 1.32 bits per heavy atom. The first-order valence-corrected chi connectivity index (χ1v) is 7.95. The lowest BCUT2D eigenvalue weighted by Gasteiger charge is -2.09. The monoisotopic (exact) mass is 319 g/mol. The molecule has 0 aliphatic carbocycles. The van der Waals surface area contributed by atoms with E-state index in [1.807, 2.05) is 18.2 Å². The average molecular weight is 319 g/mol. The minimum atomic E-state index is -0.205. The number of nitrogens with zero attached hydrogens (tertiary/aromatic N) is 1. The molecule has 0 bridgehead atoms. The van der Waals surface area contributed by atoms with Gasteiger partial charge >= 0.3 is 0 Å². The van der Waals surface area contributed by atoms with Gasteiger partial charge in [-0.25, -0.2) is 4.98 Å². The van der Waals surface area contributed by atoms with E-state index in [0.29, 0.717) is 32.0 Å². The third-order valence-corrected chi connectivity index (χ3v) is 4.10. The Morgan fingerprint density at radius 2 is 2.14 bits per heavy atom. The summed E-state index contributed by atoms with van der Waals surface area (Å²) in [5, 5.41) is 5.31. The Bertz CT molecular complexity index is 672. The lowest BCUT2D eigenvalue weighted by atomic mass is 10.2. The second-order valence-corrected chi connectivity index (χ2v) is 5.79. The first-order chi connectivity index (χ1) is 10.8. The minimum Gasteiger partial charge on any atom is -0.490 e. The summed E-state index contributed by atoms with van der Waals surface area (Å²) in [4.78, 5) is 16.2. The van der Waals surface area contributed by atoms with Gasteiger partial charge in [-0.3, -0.25) is 4.79 Å². The van der Waals surface area contributed by atoms with Crippen molar-refractivity contribution in [3.63, 3.8) is 0 Å². The highest BCUT2D eigenvalue weighted by Crippen LogP contribution is 2.30. The number of nitrogens with one attached hydrogen (secondary N) is 1. The van der Waals surface area contributed by atoms with Crippen molar-refractivity contribution >= 4 is 17.2 Å². The number of carbonyl (C=O) groups is 1. The molecular weight excluding hydrogens is 302 g/mol. The molecule has 116 valence electrons. The Labute approximate surface area is 132 Å². The zero-order valence-electron chi connectivity index (χ0n) is 12.0. The first-order valence-electron chi connectivity index (χ1n) is 7.07. The molecule has 22 heavy (non-hydrogen) atoms. The summed E-state index contributed by atoms with van der Waals surface area (Å²) in [5.41, 5.74) is 6.85. The molecule has 1 aromatic carbocycles. The Morgan fingerprint density at radius 3 is 2.91 bits per heavy atom. The molecule has 0 fully saturated rings. The van der Waals surface area contributed by atoms with E-state index in [9.17, 15) is 4.79 Å². The molecule has 1 amide bonds. The number of amides is 1. The van der Waals surface area contributed by atoms with Crippen LogP contribution < -0.4 is 20.5 Å². The molecule has 0 atom stereocenters. The molecule has 1 aliphatic heterocycles. The predicted octanol–water partition coefficient (Wildman–Crippen LogP) is 1.69. The van der Waals surface area contributed by atoms with E-state index in [-0.39, 0.29) is 5.91 Å². The van der Waals surface area contributed by atoms with Gasteiger partial charge in [-0.05, 0) is 17.7 Å². The predicted molar refractivity (Wildman–Crippen MR) is 83.2 cm³/mol. The van der Waals surface area contributed by atoms with E-state index in [2.05, 4.69) is 10.3 Å². The lowest BCUT2D eigenvalue weighted by molar-refractivity contribution is 0.0946. The molecule has 0 unspecified atom stereocenters. The number of fused-ring (bicyclic) bond motifs is 1. The number of benzene rings is 1. The van der Waals surface area contributed by atoms with Crippen LogP contribution in [0.5, 0.6) is 11.5 Å². The Hall–Kier alpha value is -2.12. The van der Waals surface area contributed by atoms with E-state index in [1.54, 1.807) is 5.38 Å². The fourth-order valence-electron chi connectivity index (χ4n) is 2.10. The van der Waals surface area contributed by atoms with Crippen molar-refractivity contribution in [3.8, 4) is 11.5 Å². The van der Waals surface area contributed by atoms with E-state index >= 15 is 0 Å². The van der Waals surface area contributed by atoms with Crippen molar-refractivity contribution in [2.45, 2.75) is 19.5 Å². The van der Waals surface area contributed by atoms with Crippen molar-refractivity contribution < 1.29 is 14.3 Å². The summed E-state index contributed by atoms with van der Waals surface area (Å²) >= 11 is 1.39. The zero-order valence-corrected chi connectivity index (χ0v) is 12.8. The van der Waals surface area contributed by atoms with Crippen LogP contribution in [0.2, 0.25) is 0 Å². The van der Waals surface area contributed by atoms with Crippen molar-refractivity contribution in [1.82, 2.24) is 10.3 Å². The van der Waals surface area contributed by atoms with Crippen LogP contribution in [-0.2, 0) is 13.1 Å². The summed E-state index contributed by atoms with van der Waals surface area (Å²) in [6.07, 6.45) is 0.869. The number of hydrogen-bond acceptors (Lipinski definition) is 6. The highest BCUT2D eigenvalue weighted by Gasteiger charge is 2.13. The van der Waals surface area contributed by atoms with Crippen LogP contribution in [0.1, 0.15) is 27.5 Å². The van der Waals surface area contributed by atoms with Crippen molar-refractivity contribution in [3.05, 3.63) is 39.8 Å². The van der Waals surface area contributed by atoms with Crippen molar-refractivity contribution in [2.75, 3.05) is 13.2 Å². The van der Waals surface area contributed by atoms with Gasteiger partial charge in [0.15, 0.2) is 11.5 Å². The first kappa shape index (κ1) is 14.8. The van der Waals surface area contributed by atoms with Gasteiger partial charge in [0.1, 0.15) is 10.7 Å². The van der Waals surface area contributed by atoms with Crippen molar-refractivity contribution in [2.24, 2.45) is 5.73 Å². The molecule has 2 aromatic rings. The molecule has 3 rings (SSSR count). The number of ether oxygens (including phenoxy) is 2. The maximum atomic E-state index is 12.0. The average Bonchev–Trinajstić information content (AvgIpc) is 2.91. The summed E-state index contributed by atoms with van der Waals surface area (Å²) in [6, 6.07) is 5.69. The SMILES string of the molecule is NCc1nc(C(=O)NCc2ccc3c(c2)OCCCO3)cs1. The fourth-order valence-corrected chi connectivity index (χ4v) is 2.75. The van der Waals surface area contributed by atoms with Crippen LogP contribution >= 0.6 is 11.3 Å². The second kappa shape index (κ2) is 6.76. The van der Waals surface area contributed by atoms with Gasteiger partial charge in [-0.2, -0.15) is 0 Å². The molecule has 3 N–H and O–H groups in total. The van der Waals surface area contributed by atoms with Gasteiger partial charge in [0, 0.05) is 24.9 Å². The van der Waals surface area contributed by atoms with Crippen LogP contribution in [-0.4, -0.2) is 24.1 Å². The molecule has 0 saturated heterocycles.